The Labute approximate surface area is 185 Å². The number of hydrogen-bond donors (Lipinski definition) is 2. The Kier molecular flexibility index (Phi) is 8.04. The molecule has 9 nitrogen and oxygen atoms in total. The molecule has 1 aromatic heterocycles. The van der Waals surface area contributed by atoms with Gasteiger partial charge >= 0.3 is 6.03 Å². The molecule has 31 heavy (non-hydrogen) atoms. The molecule has 0 bridgehead atoms. The van der Waals surface area contributed by atoms with Crippen LogP contribution in [0, 0.1) is 6.57 Å². The maximum absolute atomic E-state index is 12.3. The molecule has 1 fully saturated rings. The Bertz CT molecular complexity index is 955. The van der Waals surface area contributed by atoms with E-state index in [1.54, 1.807) is 29.2 Å². The molecule has 10 heteroatoms. The number of morpholine rings is 1. The summed E-state index contributed by atoms with van der Waals surface area (Å²) in [5.41, 5.74) is 0.769. The van der Waals surface area contributed by atoms with Gasteiger partial charge < -0.3 is 19.7 Å². The van der Waals surface area contributed by atoms with Gasteiger partial charge in [-0.3, -0.25) is 15.1 Å². The summed E-state index contributed by atoms with van der Waals surface area (Å²) in [4.78, 5) is 33.5. The zero-order chi connectivity index (χ0) is 22.1. The van der Waals surface area contributed by atoms with Crippen LogP contribution in [0.15, 0.2) is 36.5 Å². The van der Waals surface area contributed by atoms with Crippen molar-refractivity contribution in [2.24, 2.45) is 0 Å². The van der Waals surface area contributed by atoms with Crippen molar-refractivity contribution < 1.29 is 19.1 Å². The second-order valence-corrected chi connectivity index (χ2v) is 7.11. The van der Waals surface area contributed by atoms with Crippen LogP contribution >= 0.6 is 11.6 Å². The number of aromatic nitrogens is 1. The number of nitrogens with zero attached hydrogens (tertiary/aromatic N) is 3. The van der Waals surface area contributed by atoms with E-state index in [4.69, 9.17) is 27.6 Å². The molecular formula is C21H22ClN5O4. The molecule has 1 saturated heterocycles. The summed E-state index contributed by atoms with van der Waals surface area (Å²) in [6.45, 7) is 9.63. The number of amides is 3. The summed E-state index contributed by atoms with van der Waals surface area (Å²) in [6, 6.07) is 7.45. The van der Waals surface area contributed by atoms with E-state index in [9.17, 15) is 9.59 Å². The summed E-state index contributed by atoms with van der Waals surface area (Å²) in [5, 5.41) is 5.70. The fourth-order valence-corrected chi connectivity index (χ4v) is 3.07. The fourth-order valence-electron chi connectivity index (χ4n) is 2.90. The van der Waals surface area contributed by atoms with Crippen LogP contribution in [-0.4, -0.2) is 54.7 Å². The van der Waals surface area contributed by atoms with Gasteiger partial charge in [0.25, 0.3) is 0 Å². The first-order valence-corrected chi connectivity index (χ1v) is 10.1. The molecule has 0 unspecified atom stereocenters. The molecular weight excluding hydrogens is 422 g/mol. The van der Waals surface area contributed by atoms with Crippen molar-refractivity contribution in [3.63, 3.8) is 0 Å². The number of nitrogens with one attached hydrogen (secondary N) is 2. The molecule has 0 atom stereocenters. The summed E-state index contributed by atoms with van der Waals surface area (Å²) in [5.74, 6) is 0.822. The van der Waals surface area contributed by atoms with Crippen molar-refractivity contribution in [3.05, 3.63) is 53.0 Å². The first-order valence-electron chi connectivity index (χ1n) is 9.74. The zero-order valence-electron chi connectivity index (χ0n) is 16.8. The average Bonchev–Trinajstić information content (AvgIpc) is 2.79. The molecule has 1 aliphatic rings. The third-order valence-electron chi connectivity index (χ3n) is 4.46. The molecule has 0 radical (unpaired) electrons. The third-order valence-corrected chi connectivity index (χ3v) is 4.70. The molecule has 0 aliphatic carbocycles. The molecule has 1 aromatic carbocycles. The number of hydrogen-bond acceptors (Lipinski definition) is 5. The Hall–Kier alpha value is -3.35. The molecule has 3 rings (SSSR count). The number of pyridine rings is 1. The second-order valence-electron chi connectivity index (χ2n) is 6.68. The lowest BCUT2D eigenvalue weighted by atomic mass is 10.2. The van der Waals surface area contributed by atoms with E-state index in [0.29, 0.717) is 73.7 Å². The monoisotopic (exact) mass is 443 g/mol. The number of halogens is 1. The molecule has 3 amide bonds. The molecule has 2 aromatic rings. The van der Waals surface area contributed by atoms with Gasteiger partial charge in [0.1, 0.15) is 11.6 Å². The predicted octanol–water partition coefficient (Wildman–Crippen LogP) is 3.95. The van der Waals surface area contributed by atoms with E-state index < -0.39 is 6.03 Å². The van der Waals surface area contributed by atoms with Crippen molar-refractivity contribution in [2.45, 2.75) is 12.8 Å². The van der Waals surface area contributed by atoms with Crippen molar-refractivity contribution in [3.8, 4) is 5.75 Å². The van der Waals surface area contributed by atoms with Crippen molar-refractivity contribution in [2.75, 3.05) is 43.5 Å². The van der Waals surface area contributed by atoms with Gasteiger partial charge in [0, 0.05) is 30.7 Å². The lowest BCUT2D eigenvalue weighted by molar-refractivity contribution is -0.135. The predicted molar refractivity (Wildman–Crippen MR) is 117 cm³/mol. The highest BCUT2D eigenvalue weighted by Crippen LogP contribution is 2.28. The molecule has 162 valence electrons. The lowest BCUT2D eigenvalue weighted by Crippen LogP contribution is -2.40. The van der Waals surface area contributed by atoms with Gasteiger partial charge in [-0.15, -0.1) is 0 Å². The van der Waals surface area contributed by atoms with Gasteiger partial charge in [-0.05, 0) is 30.7 Å². The van der Waals surface area contributed by atoms with Crippen LogP contribution in [0.4, 0.5) is 22.0 Å². The number of carbonyl (C=O) groups excluding carboxylic acids is 2. The zero-order valence-corrected chi connectivity index (χ0v) is 17.5. The van der Waals surface area contributed by atoms with Gasteiger partial charge in [-0.2, -0.15) is 0 Å². The van der Waals surface area contributed by atoms with Crippen LogP contribution < -0.4 is 15.4 Å². The quantitative estimate of drug-likeness (QED) is 0.499. The minimum Gasteiger partial charge on any atom is -0.491 e. The number of ether oxygens (including phenoxy) is 2. The number of benzene rings is 1. The van der Waals surface area contributed by atoms with E-state index in [-0.39, 0.29) is 5.91 Å². The van der Waals surface area contributed by atoms with Crippen LogP contribution in [0.2, 0.25) is 5.02 Å². The number of anilines is 2. The highest BCUT2D eigenvalue weighted by Gasteiger charge is 2.16. The Balaban J connectivity index is 1.51. The van der Waals surface area contributed by atoms with Crippen LogP contribution in [0.25, 0.3) is 4.85 Å². The fraction of sp³-hybridized carbons (Fsp3) is 0.333. The number of urea groups is 1. The highest BCUT2D eigenvalue weighted by atomic mass is 35.5. The van der Waals surface area contributed by atoms with Gasteiger partial charge in [0.05, 0.1) is 32.1 Å². The van der Waals surface area contributed by atoms with Crippen LogP contribution in [-0.2, 0) is 9.53 Å². The highest BCUT2D eigenvalue weighted by molar-refractivity contribution is 6.31. The van der Waals surface area contributed by atoms with Gasteiger partial charge in [0.15, 0.2) is 0 Å². The van der Waals surface area contributed by atoms with E-state index in [0.717, 1.165) is 0 Å². The first kappa shape index (κ1) is 22.3. The summed E-state index contributed by atoms with van der Waals surface area (Å²) >= 11 is 6.05. The van der Waals surface area contributed by atoms with Gasteiger partial charge in [-0.25, -0.2) is 9.64 Å². The maximum Gasteiger partial charge on any atom is 0.324 e. The molecule has 1 aliphatic heterocycles. The van der Waals surface area contributed by atoms with E-state index >= 15 is 0 Å². The smallest absolute Gasteiger partial charge is 0.324 e. The number of carbonyl (C=O) groups is 2. The molecule has 2 N–H and O–H groups in total. The van der Waals surface area contributed by atoms with Crippen LogP contribution in [0.5, 0.6) is 5.75 Å². The van der Waals surface area contributed by atoms with Crippen LogP contribution in [0.3, 0.4) is 0 Å². The summed E-state index contributed by atoms with van der Waals surface area (Å²) < 4.78 is 11.0. The van der Waals surface area contributed by atoms with Gasteiger partial charge in [0.2, 0.25) is 11.6 Å². The Morgan fingerprint density at radius 2 is 2.03 bits per heavy atom. The minimum atomic E-state index is -0.530. The lowest BCUT2D eigenvalue weighted by Gasteiger charge is -2.26. The average molecular weight is 444 g/mol. The maximum atomic E-state index is 12.3. The standard InChI is InChI=1S/C21H22ClN5O4/c1-23-16-5-7-19(24-14-16)26-21(29)25-17-13-15(22)4-6-18(17)31-10-2-3-20(28)27-8-11-30-12-9-27/h4-7,13-14H,2-3,8-12H2,(H2,24,25,26,29). The largest absolute Gasteiger partial charge is 0.491 e. The molecule has 0 spiro atoms. The Morgan fingerprint density at radius 3 is 2.74 bits per heavy atom. The minimum absolute atomic E-state index is 0.0810. The number of rotatable bonds is 7. The van der Waals surface area contributed by atoms with Crippen molar-refractivity contribution in [1.82, 2.24) is 9.88 Å². The van der Waals surface area contributed by atoms with E-state index in [1.165, 1.54) is 12.3 Å². The second kappa shape index (κ2) is 11.2. The van der Waals surface area contributed by atoms with Crippen molar-refractivity contribution in [1.29, 1.82) is 0 Å². The summed E-state index contributed by atoms with van der Waals surface area (Å²) in [7, 11) is 0. The first-order chi connectivity index (χ1) is 15.0. The SMILES string of the molecule is [C-]#[N+]c1ccc(NC(=O)Nc2cc(Cl)ccc2OCCCC(=O)N2CCOCC2)nc1. The Morgan fingerprint density at radius 1 is 1.23 bits per heavy atom. The third kappa shape index (κ3) is 6.84. The molecule has 0 saturated carbocycles. The molecule has 2 heterocycles. The normalized spacial score (nSPS) is 13.2. The van der Waals surface area contributed by atoms with E-state index in [2.05, 4.69) is 20.5 Å². The van der Waals surface area contributed by atoms with E-state index in [1.807, 2.05) is 0 Å². The topological polar surface area (TPSA) is 97.1 Å². The van der Waals surface area contributed by atoms with Crippen molar-refractivity contribution >= 4 is 40.7 Å². The summed E-state index contributed by atoms with van der Waals surface area (Å²) in [6.07, 6.45) is 2.29. The van der Waals surface area contributed by atoms with Crippen LogP contribution in [0.1, 0.15) is 12.8 Å². The van der Waals surface area contributed by atoms with Gasteiger partial charge in [-0.1, -0.05) is 17.7 Å².